The van der Waals surface area contributed by atoms with Crippen LogP contribution in [0.1, 0.15) is 40.5 Å². The van der Waals surface area contributed by atoms with Crippen molar-refractivity contribution in [1.29, 1.82) is 0 Å². The first-order chi connectivity index (χ1) is 14.4. The molecule has 0 radical (unpaired) electrons. The minimum Gasteiger partial charge on any atom is -0.454 e. The van der Waals surface area contributed by atoms with Crippen LogP contribution in [0.15, 0.2) is 36.4 Å². The van der Waals surface area contributed by atoms with E-state index in [-0.39, 0.29) is 30.3 Å². The van der Waals surface area contributed by atoms with E-state index in [9.17, 15) is 14.4 Å². The summed E-state index contributed by atoms with van der Waals surface area (Å²) < 4.78 is 10.7. The van der Waals surface area contributed by atoms with Crippen molar-refractivity contribution in [2.45, 2.75) is 19.8 Å². The Kier molecular flexibility index (Phi) is 5.63. The highest BCUT2D eigenvalue weighted by Gasteiger charge is 2.30. The fourth-order valence-electron chi connectivity index (χ4n) is 3.72. The molecule has 2 amide bonds. The van der Waals surface area contributed by atoms with Gasteiger partial charge in [0.2, 0.25) is 12.7 Å². The fourth-order valence-corrected chi connectivity index (χ4v) is 3.85. The number of benzene rings is 2. The van der Waals surface area contributed by atoms with Crippen LogP contribution in [0.25, 0.3) is 0 Å². The third-order valence-electron chi connectivity index (χ3n) is 5.32. The molecule has 2 aromatic rings. The summed E-state index contributed by atoms with van der Waals surface area (Å²) in [5.74, 6) is 0.0442. The Bertz CT molecular complexity index is 1010. The highest BCUT2D eigenvalue weighted by molar-refractivity contribution is 6.30. The molecular formula is C22H21ClN2O5. The summed E-state index contributed by atoms with van der Waals surface area (Å²) in [5.41, 5.74) is 1.28. The van der Waals surface area contributed by atoms with Crippen LogP contribution in [0.2, 0.25) is 5.02 Å². The Balaban J connectivity index is 1.48. The van der Waals surface area contributed by atoms with E-state index in [4.69, 9.17) is 21.1 Å². The average molecular weight is 429 g/mol. The van der Waals surface area contributed by atoms with Crippen molar-refractivity contribution >= 4 is 34.9 Å². The van der Waals surface area contributed by atoms with E-state index in [1.807, 2.05) is 0 Å². The second kappa shape index (κ2) is 8.36. The fraction of sp³-hybridized carbons (Fsp3) is 0.318. The van der Waals surface area contributed by atoms with Gasteiger partial charge in [-0.3, -0.25) is 14.4 Å². The van der Waals surface area contributed by atoms with Gasteiger partial charge in [-0.2, -0.15) is 0 Å². The number of halogens is 1. The number of ether oxygens (including phenoxy) is 2. The van der Waals surface area contributed by atoms with Crippen LogP contribution in [-0.4, -0.2) is 42.4 Å². The Labute approximate surface area is 178 Å². The van der Waals surface area contributed by atoms with Crippen molar-refractivity contribution in [3.8, 4) is 11.5 Å². The molecular weight excluding hydrogens is 408 g/mol. The number of nitrogens with zero attached hydrogens (tertiary/aromatic N) is 1. The SMILES string of the molecule is CC(=O)c1cc2c(cc1NC(=O)C1CCCN(C(=O)c3ccc(Cl)cc3)C1)OCO2. The molecule has 8 heteroatoms. The number of piperidine rings is 1. The Morgan fingerprint density at radius 2 is 1.80 bits per heavy atom. The normalized spacial score (nSPS) is 17.5. The number of fused-ring (bicyclic) bond motifs is 1. The minimum atomic E-state index is -0.375. The monoisotopic (exact) mass is 428 g/mol. The number of hydrogen-bond donors (Lipinski definition) is 1. The van der Waals surface area contributed by atoms with Gasteiger partial charge in [0.05, 0.1) is 11.6 Å². The lowest BCUT2D eigenvalue weighted by molar-refractivity contribution is -0.121. The van der Waals surface area contributed by atoms with Gasteiger partial charge in [0.15, 0.2) is 17.3 Å². The highest BCUT2D eigenvalue weighted by Crippen LogP contribution is 2.37. The molecule has 0 aromatic heterocycles. The summed E-state index contributed by atoms with van der Waals surface area (Å²) in [6.45, 7) is 2.41. The van der Waals surface area contributed by atoms with Crippen LogP contribution in [0.5, 0.6) is 11.5 Å². The molecule has 0 saturated carbocycles. The third-order valence-corrected chi connectivity index (χ3v) is 5.57. The molecule has 2 aliphatic rings. The minimum absolute atomic E-state index is 0.0778. The van der Waals surface area contributed by atoms with Crippen LogP contribution < -0.4 is 14.8 Å². The molecule has 1 saturated heterocycles. The van der Waals surface area contributed by atoms with Crippen molar-refractivity contribution in [2.75, 3.05) is 25.2 Å². The summed E-state index contributed by atoms with van der Waals surface area (Å²) in [6.07, 6.45) is 1.38. The summed E-state index contributed by atoms with van der Waals surface area (Å²) in [4.78, 5) is 39.4. The number of carbonyl (C=O) groups is 3. The Morgan fingerprint density at radius 3 is 2.50 bits per heavy atom. The maximum atomic E-state index is 12.9. The zero-order chi connectivity index (χ0) is 21.3. The van der Waals surface area contributed by atoms with Crippen molar-refractivity contribution in [1.82, 2.24) is 4.90 Å². The number of rotatable bonds is 4. The number of amides is 2. The van der Waals surface area contributed by atoms with Crippen LogP contribution in [-0.2, 0) is 4.79 Å². The van der Waals surface area contributed by atoms with Gasteiger partial charge in [-0.25, -0.2) is 0 Å². The summed E-state index contributed by atoms with van der Waals surface area (Å²) in [5, 5.41) is 3.41. The maximum absolute atomic E-state index is 12.9. The van der Waals surface area contributed by atoms with Crippen molar-refractivity contribution in [2.24, 2.45) is 5.92 Å². The van der Waals surface area contributed by atoms with E-state index < -0.39 is 0 Å². The van der Waals surface area contributed by atoms with E-state index in [0.29, 0.717) is 52.8 Å². The highest BCUT2D eigenvalue weighted by atomic mass is 35.5. The second-order valence-electron chi connectivity index (χ2n) is 7.39. The van der Waals surface area contributed by atoms with Crippen molar-refractivity contribution in [3.05, 3.63) is 52.5 Å². The van der Waals surface area contributed by atoms with Gasteiger partial charge in [0.1, 0.15) is 0 Å². The van der Waals surface area contributed by atoms with Gasteiger partial charge < -0.3 is 19.7 Å². The van der Waals surface area contributed by atoms with E-state index >= 15 is 0 Å². The maximum Gasteiger partial charge on any atom is 0.253 e. The third kappa shape index (κ3) is 4.11. The zero-order valence-electron chi connectivity index (χ0n) is 16.4. The van der Waals surface area contributed by atoms with E-state index in [2.05, 4.69) is 5.32 Å². The molecule has 2 aliphatic heterocycles. The van der Waals surface area contributed by atoms with Crippen molar-refractivity contribution < 1.29 is 23.9 Å². The number of hydrogen-bond acceptors (Lipinski definition) is 5. The lowest BCUT2D eigenvalue weighted by atomic mass is 9.96. The molecule has 0 aliphatic carbocycles. The van der Waals surface area contributed by atoms with Gasteiger partial charge in [-0.1, -0.05) is 11.6 Å². The molecule has 1 unspecified atom stereocenters. The molecule has 1 atom stereocenters. The summed E-state index contributed by atoms with van der Waals surface area (Å²) >= 11 is 5.90. The first-order valence-corrected chi connectivity index (χ1v) is 10.1. The van der Waals surface area contributed by atoms with Crippen LogP contribution in [0.3, 0.4) is 0 Å². The largest absolute Gasteiger partial charge is 0.454 e. The van der Waals surface area contributed by atoms with E-state index in [1.165, 1.54) is 6.92 Å². The molecule has 4 rings (SSSR count). The smallest absolute Gasteiger partial charge is 0.253 e. The molecule has 0 spiro atoms. The number of likely N-dealkylation sites (tertiary alicyclic amines) is 1. The predicted molar refractivity (Wildman–Crippen MR) is 111 cm³/mol. The van der Waals surface area contributed by atoms with Crippen LogP contribution in [0, 0.1) is 5.92 Å². The number of nitrogens with one attached hydrogen (secondary N) is 1. The predicted octanol–water partition coefficient (Wildman–Crippen LogP) is 3.76. The average Bonchev–Trinajstić information content (AvgIpc) is 3.20. The molecule has 30 heavy (non-hydrogen) atoms. The summed E-state index contributed by atoms with van der Waals surface area (Å²) in [7, 11) is 0. The topological polar surface area (TPSA) is 84.9 Å². The first-order valence-electron chi connectivity index (χ1n) is 9.72. The van der Waals surface area contributed by atoms with Gasteiger partial charge in [-0.15, -0.1) is 0 Å². The van der Waals surface area contributed by atoms with Gasteiger partial charge in [-0.05, 0) is 50.1 Å². The molecule has 2 aromatic carbocycles. The van der Waals surface area contributed by atoms with Crippen LogP contribution in [0.4, 0.5) is 5.69 Å². The Hall–Kier alpha value is -3.06. The molecule has 7 nitrogen and oxygen atoms in total. The van der Waals surface area contributed by atoms with Crippen molar-refractivity contribution in [3.63, 3.8) is 0 Å². The molecule has 1 N–H and O–H groups in total. The van der Waals surface area contributed by atoms with Gasteiger partial charge in [0, 0.05) is 35.3 Å². The number of ketones is 1. The van der Waals surface area contributed by atoms with E-state index in [0.717, 1.165) is 6.42 Å². The number of anilines is 1. The summed E-state index contributed by atoms with van der Waals surface area (Å²) in [6, 6.07) is 9.89. The molecule has 156 valence electrons. The lowest BCUT2D eigenvalue weighted by Crippen LogP contribution is -2.43. The molecule has 1 fully saturated rings. The standard InChI is InChI=1S/C22H21ClN2O5/c1-13(26)17-9-19-20(30-12-29-19)10-18(17)24-21(27)15-3-2-8-25(11-15)22(28)14-4-6-16(23)7-5-14/h4-7,9-10,15H,2-3,8,11-12H2,1H3,(H,24,27). The van der Waals surface area contributed by atoms with Gasteiger partial charge >= 0.3 is 0 Å². The number of carbonyl (C=O) groups excluding carboxylic acids is 3. The lowest BCUT2D eigenvalue weighted by Gasteiger charge is -2.32. The number of Topliss-reactive ketones (excluding diaryl/α,β-unsaturated/α-hetero) is 1. The Morgan fingerprint density at radius 1 is 1.10 bits per heavy atom. The van der Waals surface area contributed by atoms with Gasteiger partial charge in [0.25, 0.3) is 5.91 Å². The quantitative estimate of drug-likeness (QED) is 0.749. The second-order valence-corrected chi connectivity index (χ2v) is 7.83. The zero-order valence-corrected chi connectivity index (χ0v) is 17.2. The van der Waals surface area contributed by atoms with Crippen LogP contribution >= 0.6 is 11.6 Å². The molecule has 0 bridgehead atoms. The molecule has 2 heterocycles. The van der Waals surface area contributed by atoms with E-state index in [1.54, 1.807) is 41.3 Å². The first kappa shape index (κ1) is 20.2.